The molecular weight excluding hydrogens is 366 g/mol. The van der Waals surface area contributed by atoms with E-state index in [0.29, 0.717) is 29.6 Å². The van der Waals surface area contributed by atoms with Crippen molar-refractivity contribution in [1.82, 2.24) is 9.80 Å². The Morgan fingerprint density at radius 2 is 1.90 bits per heavy atom. The Morgan fingerprint density at radius 3 is 2.52 bits per heavy atom. The van der Waals surface area contributed by atoms with Crippen LogP contribution in [0.5, 0.6) is 0 Å². The molecule has 6 heteroatoms. The third-order valence-corrected chi connectivity index (χ3v) is 5.86. The zero-order valence-electron chi connectivity index (χ0n) is 17.6. The lowest BCUT2D eigenvalue weighted by Gasteiger charge is -2.23. The number of carbonyl (C=O) groups excluding carboxylic acids is 2. The highest BCUT2D eigenvalue weighted by atomic mass is 16.3. The van der Waals surface area contributed by atoms with Gasteiger partial charge >= 0.3 is 6.03 Å². The molecule has 29 heavy (non-hydrogen) atoms. The van der Waals surface area contributed by atoms with Crippen LogP contribution in [-0.2, 0) is 6.54 Å². The van der Waals surface area contributed by atoms with Crippen molar-refractivity contribution in [3.8, 4) is 0 Å². The summed E-state index contributed by atoms with van der Waals surface area (Å²) in [5.74, 6) is 3.00. The number of furan rings is 1. The lowest BCUT2D eigenvalue weighted by molar-refractivity contribution is 0.0827. The Hall–Kier alpha value is -2.76. The molecule has 0 radical (unpaired) electrons. The molecule has 0 spiro atoms. The molecule has 0 saturated heterocycles. The fraction of sp³-hybridized carbons (Fsp3) is 0.478. The zero-order valence-corrected chi connectivity index (χ0v) is 17.6. The highest BCUT2D eigenvalue weighted by Crippen LogP contribution is 2.47. The summed E-state index contributed by atoms with van der Waals surface area (Å²) in [6, 6.07) is 9.54. The van der Waals surface area contributed by atoms with Crippen LogP contribution in [-0.4, -0.2) is 41.9 Å². The second kappa shape index (κ2) is 7.58. The van der Waals surface area contributed by atoms with Crippen LogP contribution >= 0.6 is 0 Å². The normalized spacial score (nSPS) is 20.3. The van der Waals surface area contributed by atoms with Gasteiger partial charge in [-0.1, -0.05) is 13.0 Å². The molecule has 1 N–H and O–H groups in total. The van der Waals surface area contributed by atoms with Crippen molar-refractivity contribution in [2.24, 2.45) is 5.92 Å². The number of rotatable bonds is 6. The average Bonchev–Trinajstić information content (AvgIpc) is 3.60. The van der Waals surface area contributed by atoms with Crippen molar-refractivity contribution >= 4 is 17.6 Å². The quantitative estimate of drug-likeness (QED) is 0.777. The summed E-state index contributed by atoms with van der Waals surface area (Å²) in [5, 5.41) is 3.01. The zero-order chi connectivity index (χ0) is 20.7. The molecule has 2 fully saturated rings. The van der Waals surface area contributed by atoms with Gasteiger partial charge in [0, 0.05) is 37.3 Å². The van der Waals surface area contributed by atoms with E-state index in [1.165, 1.54) is 11.3 Å². The van der Waals surface area contributed by atoms with E-state index in [2.05, 4.69) is 12.2 Å². The SMILES string of the molecule is Cc1ccc(C(=O)N(C)C)cc1NC(=O)N(Cc1ccc(C2CC2C)o1)C1CC1. The largest absolute Gasteiger partial charge is 0.464 e. The Morgan fingerprint density at radius 1 is 1.17 bits per heavy atom. The third kappa shape index (κ3) is 4.31. The van der Waals surface area contributed by atoms with E-state index in [0.717, 1.165) is 29.9 Å². The molecular formula is C23H29N3O3. The summed E-state index contributed by atoms with van der Waals surface area (Å²) in [7, 11) is 3.44. The molecule has 2 aliphatic rings. The van der Waals surface area contributed by atoms with Gasteiger partial charge in [-0.15, -0.1) is 0 Å². The van der Waals surface area contributed by atoms with Gasteiger partial charge in [0.15, 0.2) is 0 Å². The van der Waals surface area contributed by atoms with Gasteiger partial charge in [0.2, 0.25) is 0 Å². The van der Waals surface area contributed by atoms with Gasteiger partial charge < -0.3 is 19.5 Å². The smallest absolute Gasteiger partial charge is 0.322 e. The van der Waals surface area contributed by atoms with Crippen molar-refractivity contribution in [2.45, 2.75) is 51.6 Å². The number of benzene rings is 1. The van der Waals surface area contributed by atoms with E-state index in [1.54, 1.807) is 26.2 Å². The van der Waals surface area contributed by atoms with Gasteiger partial charge in [-0.2, -0.15) is 0 Å². The lowest BCUT2D eigenvalue weighted by atomic mass is 10.1. The first kappa shape index (κ1) is 19.6. The minimum absolute atomic E-state index is 0.0861. The Balaban J connectivity index is 1.47. The predicted molar refractivity (Wildman–Crippen MR) is 112 cm³/mol. The number of nitrogens with one attached hydrogen (secondary N) is 1. The molecule has 0 bridgehead atoms. The first-order valence-electron chi connectivity index (χ1n) is 10.3. The molecule has 1 aromatic heterocycles. The number of amides is 3. The number of urea groups is 1. The third-order valence-electron chi connectivity index (χ3n) is 5.86. The molecule has 2 aliphatic carbocycles. The number of nitrogens with zero attached hydrogens (tertiary/aromatic N) is 2. The van der Waals surface area contributed by atoms with Crippen molar-refractivity contribution in [3.05, 3.63) is 53.0 Å². The number of hydrogen-bond donors (Lipinski definition) is 1. The Labute approximate surface area is 171 Å². The van der Waals surface area contributed by atoms with Crippen LogP contribution in [0.25, 0.3) is 0 Å². The van der Waals surface area contributed by atoms with Gasteiger partial charge in [-0.05, 0) is 61.9 Å². The van der Waals surface area contributed by atoms with Crippen LogP contribution in [0, 0.1) is 12.8 Å². The second-order valence-corrected chi connectivity index (χ2v) is 8.64. The van der Waals surface area contributed by atoms with Gasteiger partial charge in [0.05, 0.1) is 6.54 Å². The molecule has 2 unspecified atom stereocenters. The van der Waals surface area contributed by atoms with Gasteiger partial charge in [-0.25, -0.2) is 4.79 Å². The van der Waals surface area contributed by atoms with Crippen LogP contribution in [0.15, 0.2) is 34.7 Å². The van der Waals surface area contributed by atoms with Crippen molar-refractivity contribution in [1.29, 1.82) is 0 Å². The number of hydrogen-bond acceptors (Lipinski definition) is 3. The predicted octanol–water partition coefficient (Wildman–Crippen LogP) is 4.61. The van der Waals surface area contributed by atoms with E-state index in [4.69, 9.17) is 4.42 Å². The first-order valence-corrected chi connectivity index (χ1v) is 10.3. The number of carbonyl (C=O) groups is 2. The van der Waals surface area contributed by atoms with E-state index < -0.39 is 0 Å². The maximum absolute atomic E-state index is 13.0. The van der Waals surface area contributed by atoms with Crippen LogP contribution in [0.1, 0.15) is 59.5 Å². The molecule has 6 nitrogen and oxygen atoms in total. The van der Waals surface area contributed by atoms with E-state index >= 15 is 0 Å². The van der Waals surface area contributed by atoms with Gasteiger partial charge in [-0.3, -0.25) is 4.79 Å². The Kier molecular flexibility index (Phi) is 5.11. The van der Waals surface area contributed by atoms with Crippen molar-refractivity contribution < 1.29 is 14.0 Å². The number of aryl methyl sites for hydroxylation is 1. The summed E-state index contributed by atoms with van der Waals surface area (Å²) >= 11 is 0. The molecule has 2 saturated carbocycles. The molecule has 1 aromatic carbocycles. The summed E-state index contributed by atoms with van der Waals surface area (Å²) < 4.78 is 6.02. The summed E-state index contributed by atoms with van der Waals surface area (Å²) in [6.45, 7) is 4.62. The fourth-order valence-electron chi connectivity index (χ4n) is 3.65. The minimum Gasteiger partial charge on any atom is -0.464 e. The van der Waals surface area contributed by atoms with E-state index in [-0.39, 0.29) is 18.0 Å². The van der Waals surface area contributed by atoms with Gasteiger partial charge in [0.25, 0.3) is 5.91 Å². The summed E-state index contributed by atoms with van der Waals surface area (Å²) in [4.78, 5) is 28.7. The molecule has 3 amide bonds. The van der Waals surface area contributed by atoms with Crippen LogP contribution in [0.4, 0.5) is 10.5 Å². The molecule has 2 atom stereocenters. The van der Waals surface area contributed by atoms with E-state index in [9.17, 15) is 9.59 Å². The average molecular weight is 396 g/mol. The standard InChI is InChI=1S/C23H29N3O3/c1-14-5-6-16(22(27)25(3)4)12-20(14)24-23(28)26(17-7-8-17)13-18-9-10-21(29-18)19-11-15(19)2/h5-6,9-10,12,15,17,19H,7-8,11,13H2,1-4H3,(H,24,28). The van der Waals surface area contributed by atoms with Crippen molar-refractivity contribution in [2.75, 3.05) is 19.4 Å². The molecule has 4 rings (SSSR count). The molecule has 154 valence electrons. The monoisotopic (exact) mass is 395 g/mol. The van der Waals surface area contributed by atoms with Crippen LogP contribution in [0.2, 0.25) is 0 Å². The Bertz CT molecular complexity index is 929. The molecule has 2 aromatic rings. The van der Waals surface area contributed by atoms with Gasteiger partial charge in [0.1, 0.15) is 11.5 Å². The maximum Gasteiger partial charge on any atom is 0.322 e. The van der Waals surface area contributed by atoms with Crippen LogP contribution in [0.3, 0.4) is 0 Å². The second-order valence-electron chi connectivity index (χ2n) is 8.64. The minimum atomic E-state index is -0.150. The summed E-state index contributed by atoms with van der Waals surface area (Å²) in [5.41, 5.74) is 2.15. The van der Waals surface area contributed by atoms with Crippen LogP contribution < -0.4 is 5.32 Å². The summed E-state index contributed by atoms with van der Waals surface area (Å²) in [6.07, 6.45) is 3.21. The maximum atomic E-state index is 13.0. The molecule has 0 aliphatic heterocycles. The fourth-order valence-corrected chi connectivity index (χ4v) is 3.65. The van der Waals surface area contributed by atoms with Crippen molar-refractivity contribution in [3.63, 3.8) is 0 Å². The number of anilines is 1. The molecule has 1 heterocycles. The lowest BCUT2D eigenvalue weighted by Crippen LogP contribution is -2.36. The highest BCUT2D eigenvalue weighted by molar-refractivity contribution is 5.97. The first-order chi connectivity index (χ1) is 13.8. The van der Waals surface area contributed by atoms with E-state index in [1.807, 2.05) is 30.0 Å². The highest BCUT2D eigenvalue weighted by Gasteiger charge is 2.37. The topological polar surface area (TPSA) is 65.8 Å².